The van der Waals surface area contributed by atoms with E-state index < -0.39 is 5.91 Å². The number of thiophene rings is 1. The first kappa shape index (κ1) is 17.2. The zero-order valence-corrected chi connectivity index (χ0v) is 15.5. The fourth-order valence-electron chi connectivity index (χ4n) is 1.86. The molecule has 0 bridgehead atoms. The number of hydrogen-bond acceptors (Lipinski definition) is 6. The summed E-state index contributed by atoms with van der Waals surface area (Å²) in [6.45, 7) is 2.29. The van der Waals surface area contributed by atoms with Crippen molar-refractivity contribution < 1.29 is 9.53 Å². The third kappa shape index (κ3) is 3.87. The van der Waals surface area contributed by atoms with Crippen molar-refractivity contribution in [2.24, 2.45) is 0 Å². The molecule has 0 aliphatic carbocycles. The lowest BCUT2D eigenvalue weighted by Gasteiger charge is -2.06. The first-order chi connectivity index (χ1) is 11.6. The van der Waals surface area contributed by atoms with Crippen LogP contribution in [0.5, 0.6) is 5.88 Å². The molecular formula is C15H11Cl2N3O2S2. The fourth-order valence-corrected chi connectivity index (χ4v) is 3.84. The average molecular weight is 400 g/mol. The topological polar surface area (TPSA) is 64.1 Å². The van der Waals surface area contributed by atoms with Crippen LogP contribution in [-0.4, -0.2) is 22.5 Å². The van der Waals surface area contributed by atoms with E-state index in [1.54, 1.807) is 12.1 Å². The summed E-state index contributed by atoms with van der Waals surface area (Å²) in [6, 6.07) is 6.89. The first-order valence-electron chi connectivity index (χ1n) is 6.88. The van der Waals surface area contributed by atoms with Crippen molar-refractivity contribution in [1.82, 2.24) is 9.97 Å². The van der Waals surface area contributed by atoms with Gasteiger partial charge in [-0.2, -0.15) is 0 Å². The highest BCUT2D eigenvalue weighted by atomic mass is 35.5. The van der Waals surface area contributed by atoms with Crippen LogP contribution in [0.15, 0.2) is 29.6 Å². The number of carbonyl (C=O) groups excluding carboxylic acids is 1. The molecule has 1 N–H and O–H groups in total. The number of anilines is 1. The molecule has 0 radical (unpaired) electrons. The predicted octanol–water partition coefficient (Wildman–Crippen LogP) is 5.22. The summed E-state index contributed by atoms with van der Waals surface area (Å²) in [6.07, 6.45) is 0. The van der Waals surface area contributed by atoms with E-state index in [-0.39, 0.29) is 10.7 Å². The van der Waals surface area contributed by atoms with Crippen LogP contribution in [0.3, 0.4) is 0 Å². The molecule has 3 aromatic heterocycles. The van der Waals surface area contributed by atoms with Crippen molar-refractivity contribution in [2.45, 2.75) is 6.92 Å². The van der Waals surface area contributed by atoms with Crippen LogP contribution < -0.4 is 10.1 Å². The second-order valence-electron chi connectivity index (χ2n) is 4.51. The third-order valence-corrected chi connectivity index (χ3v) is 5.19. The lowest BCUT2D eigenvalue weighted by molar-refractivity contribution is 0.102. The molecule has 0 saturated heterocycles. The van der Waals surface area contributed by atoms with E-state index in [1.807, 2.05) is 24.4 Å². The van der Waals surface area contributed by atoms with E-state index in [0.29, 0.717) is 22.0 Å². The maximum Gasteiger partial charge on any atom is 0.277 e. The minimum absolute atomic E-state index is 0.0959. The Morgan fingerprint density at radius 2 is 2.08 bits per heavy atom. The number of pyridine rings is 1. The Labute approximate surface area is 156 Å². The molecule has 1 amide bonds. The number of ether oxygens (including phenoxy) is 1. The van der Waals surface area contributed by atoms with Gasteiger partial charge >= 0.3 is 0 Å². The molecule has 3 aromatic rings. The summed E-state index contributed by atoms with van der Waals surface area (Å²) in [4.78, 5) is 21.8. The van der Waals surface area contributed by atoms with Crippen LogP contribution in [0.2, 0.25) is 9.36 Å². The summed E-state index contributed by atoms with van der Waals surface area (Å²) in [5.74, 6) is -0.0910. The van der Waals surface area contributed by atoms with Crippen molar-refractivity contribution >= 4 is 56.9 Å². The van der Waals surface area contributed by atoms with Gasteiger partial charge in [-0.25, -0.2) is 9.97 Å². The van der Waals surface area contributed by atoms with E-state index in [2.05, 4.69) is 15.3 Å². The molecule has 0 saturated carbocycles. The van der Waals surface area contributed by atoms with E-state index >= 15 is 0 Å². The number of hydrogen-bond donors (Lipinski definition) is 1. The second-order valence-corrected chi connectivity index (χ2v) is 7.49. The Bertz CT molecular complexity index is 879. The van der Waals surface area contributed by atoms with Crippen LogP contribution in [0.4, 0.5) is 5.13 Å². The SMILES string of the molecule is CCOc1ccc(Cl)c(C(=O)Nc2nc(-c3ccc(Cl)s3)cs2)n1. The Hall–Kier alpha value is -1.67. The lowest BCUT2D eigenvalue weighted by Crippen LogP contribution is -2.14. The molecule has 5 nitrogen and oxygen atoms in total. The lowest BCUT2D eigenvalue weighted by atomic mass is 10.3. The number of aromatic nitrogens is 2. The average Bonchev–Trinajstić information content (AvgIpc) is 3.18. The van der Waals surface area contributed by atoms with Gasteiger partial charge in [-0.05, 0) is 25.1 Å². The highest BCUT2D eigenvalue weighted by molar-refractivity contribution is 7.20. The second kappa shape index (κ2) is 7.48. The standard InChI is InChI=1S/C15H11Cl2N3O2S2/c1-2-22-12-6-3-8(16)13(19-12)14(21)20-15-18-9(7-23-15)10-4-5-11(17)24-10/h3-7H,2H2,1H3,(H,18,20,21). The molecule has 0 aromatic carbocycles. The van der Waals surface area contributed by atoms with Crippen molar-refractivity contribution in [3.63, 3.8) is 0 Å². The van der Waals surface area contributed by atoms with Crippen molar-refractivity contribution in [3.8, 4) is 16.5 Å². The van der Waals surface area contributed by atoms with E-state index in [0.717, 1.165) is 10.6 Å². The summed E-state index contributed by atoms with van der Waals surface area (Å²) in [7, 11) is 0. The van der Waals surface area contributed by atoms with Gasteiger partial charge in [0.15, 0.2) is 10.8 Å². The van der Waals surface area contributed by atoms with Gasteiger partial charge in [0.1, 0.15) is 0 Å². The van der Waals surface area contributed by atoms with Gasteiger partial charge in [-0.3, -0.25) is 10.1 Å². The van der Waals surface area contributed by atoms with Gasteiger partial charge in [0.05, 0.1) is 26.5 Å². The summed E-state index contributed by atoms with van der Waals surface area (Å²) >= 11 is 14.7. The first-order valence-corrected chi connectivity index (χ1v) is 9.34. The van der Waals surface area contributed by atoms with Crippen LogP contribution in [0.1, 0.15) is 17.4 Å². The zero-order chi connectivity index (χ0) is 17.1. The summed E-state index contributed by atoms with van der Waals surface area (Å²) in [5.41, 5.74) is 0.854. The molecule has 0 fully saturated rings. The third-order valence-electron chi connectivity index (χ3n) is 2.88. The van der Waals surface area contributed by atoms with Gasteiger partial charge in [-0.15, -0.1) is 22.7 Å². The highest BCUT2D eigenvalue weighted by Crippen LogP contribution is 2.33. The van der Waals surface area contributed by atoms with Gasteiger partial charge in [0, 0.05) is 11.4 Å². The minimum atomic E-state index is -0.438. The highest BCUT2D eigenvalue weighted by Gasteiger charge is 2.16. The summed E-state index contributed by atoms with van der Waals surface area (Å²) < 4.78 is 5.98. The van der Waals surface area contributed by atoms with Crippen LogP contribution in [0.25, 0.3) is 10.6 Å². The molecule has 3 heterocycles. The molecular weight excluding hydrogens is 389 g/mol. The van der Waals surface area contributed by atoms with Gasteiger partial charge in [-0.1, -0.05) is 23.2 Å². The molecule has 0 atom stereocenters. The molecule has 3 rings (SSSR count). The monoisotopic (exact) mass is 399 g/mol. The van der Waals surface area contributed by atoms with Crippen LogP contribution in [-0.2, 0) is 0 Å². The van der Waals surface area contributed by atoms with Gasteiger partial charge in [0.25, 0.3) is 5.91 Å². The predicted molar refractivity (Wildman–Crippen MR) is 98.8 cm³/mol. The maximum absolute atomic E-state index is 12.4. The number of thiazole rings is 1. The summed E-state index contributed by atoms with van der Waals surface area (Å²) in [5, 5.41) is 5.26. The largest absolute Gasteiger partial charge is 0.478 e. The number of amides is 1. The van der Waals surface area contributed by atoms with E-state index in [4.69, 9.17) is 27.9 Å². The Balaban J connectivity index is 1.78. The quantitative estimate of drug-likeness (QED) is 0.638. The molecule has 0 aliphatic rings. The van der Waals surface area contributed by atoms with E-state index in [1.165, 1.54) is 22.7 Å². The molecule has 0 spiro atoms. The number of nitrogens with one attached hydrogen (secondary N) is 1. The fraction of sp³-hybridized carbons (Fsp3) is 0.133. The smallest absolute Gasteiger partial charge is 0.277 e. The van der Waals surface area contributed by atoms with Gasteiger partial charge < -0.3 is 4.74 Å². The Morgan fingerprint density at radius 3 is 2.79 bits per heavy atom. The van der Waals surface area contributed by atoms with Crippen LogP contribution in [0, 0.1) is 0 Å². The van der Waals surface area contributed by atoms with E-state index in [9.17, 15) is 4.79 Å². The van der Waals surface area contributed by atoms with Crippen molar-refractivity contribution in [3.05, 3.63) is 44.7 Å². The number of nitrogens with zero attached hydrogens (tertiary/aromatic N) is 2. The minimum Gasteiger partial charge on any atom is -0.478 e. The van der Waals surface area contributed by atoms with Crippen molar-refractivity contribution in [2.75, 3.05) is 11.9 Å². The normalized spacial score (nSPS) is 10.6. The number of halogens is 2. The number of carbonyl (C=O) groups is 1. The maximum atomic E-state index is 12.4. The molecule has 0 unspecified atom stereocenters. The van der Waals surface area contributed by atoms with Gasteiger partial charge in [0.2, 0.25) is 5.88 Å². The molecule has 0 aliphatic heterocycles. The number of rotatable bonds is 5. The Morgan fingerprint density at radius 1 is 1.25 bits per heavy atom. The molecule has 124 valence electrons. The molecule has 24 heavy (non-hydrogen) atoms. The van der Waals surface area contributed by atoms with Crippen molar-refractivity contribution in [1.29, 1.82) is 0 Å². The Kier molecular flexibility index (Phi) is 5.35. The zero-order valence-electron chi connectivity index (χ0n) is 12.4. The molecule has 9 heteroatoms. The van der Waals surface area contributed by atoms with Crippen LogP contribution >= 0.6 is 45.9 Å².